The summed E-state index contributed by atoms with van der Waals surface area (Å²) in [5.74, 6) is -2.93. The molecule has 1 atom stereocenters. The lowest BCUT2D eigenvalue weighted by Gasteiger charge is -2.23. The van der Waals surface area contributed by atoms with E-state index in [1.165, 1.54) is 12.1 Å². The molecule has 0 amide bonds. The molecule has 3 nitrogen and oxygen atoms in total. The van der Waals surface area contributed by atoms with Gasteiger partial charge in [-0.1, -0.05) is 30.3 Å². The van der Waals surface area contributed by atoms with Crippen molar-refractivity contribution in [1.82, 2.24) is 5.32 Å². The first kappa shape index (κ1) is 13.4. The first-order chi connectivity index (χ1) is 8.52. The molecule has 0 radical (unpaired) electrons. The van der Waals surface area contributed by atoms with Crippen molar-refractivity contribution in [2.75, 3.05) is 26.3 Å². The smallest absolute Gasteiger partial charge is 0.285 e. The Kier molecular flexibility index (Phi) is 3.94. The van der Waals surface area contributed by atoms with Gasteiger partial charge in [0.05, 0.1) is 13.2 Å². The number of benzene rings is 1. The van der Waals surface area contributed by atoms with Crippen molar-refractivity contribution in [3.63, 3.8) is 0 Å². The van der Waals surface area contributed by atoms with Gasteiger partial charge in [-0.25, -0.2) is 0 Å². The van der Waals surface area contributed by atoms with Crippen molar-refractivity contribution < 1.29 is 18.6 Å². The molecule has 18 heavy (non-hydrogen) atoms. The largest absolute Gasteiger partial charge is 0.386 e. The highest BCUT2D eigenvalue weighted by molar-refractivity contribution is 5.20. The molecule has 0 aromatic heterocycles. The van der Waals surface area contributed by atoms with E-state index in [9.17, 15) is 13.9 Å². The number of nitrogens with one attached hydrogen (secondary N) is 1. The third-order valence-corrected chi connectivity index (χ3v) is 3.08. The summed E-state index contributed by atoms with van der Waals surface area (Å²) >= 11 is 0. The Morgan fingerprint density at radius 1 is 1.33 bits per heavy atom. The molecule has 1 aliphatic heterocycles. The maximum absolute atomic E-state index is 13.8. The second-order valence-corrected chi connectivity index (χ2v) is 4.70. The lowest BCUT2D eigenvalue weighted by Crippen LogP contribution is -2.44. The normalized spacial score (nSPS) is 24.4. The second-order valence-electron chi connectivity index (χ2n) is 4.70. The third-order valence-electron chi connectivity index (χ3n) is 3.08. The lowest BCUT2D eigenvalue weighted by atomic mass is 10.0. The van der Waals surface area contributed by atoms with Crippen LogP contribution in [0.25, 0.3) is 0 Å². The molecule has 1 unspecified atom stereocenters. The van der Waals surface area contributed by atoms with Crippen LogP contribution in [0.1, 0.15) is 12.0 Å². The molecule has 0 bridgehead atoms. The molecule has 0 aliphatic carbocycles. The molecule has 5 heteroatoms. The van der Waals surface area contributed by atoms with Crippen LogP contribution in [-0.4, -0.2) is 37.0 Å². The van der Waals surface area contributed by atoms with E-state index in [0.29, 0.717) is 13.0 Å². The Morgan fingerprint density at radius 3 is 2.67 bits per heavy atom. The fourth-order valence-corrected chi connectivity index (χ4v) is 1.97. The summed E-state index contributed by atoms with van der Waals surface area (Å²) in [6.07, 6.45) is 0.483. The summed E-state index contributed by atoms with van der Waals surface area (Å²) in [4.78, 5) is 0. The Morgan fingerprint density at radius 2 is 2.06 bits per heavy atom. The first-order valence-electron chi connectivity index (χ1n) is 5.96. The average Bonchev–Trinajstić information content (AvgIpc) is 2.77. The molecule has 1 saturated heterocycles. The van der Waals surface area contributed by atoms with Crippen LogP contribution in [-0.2, 0) is 10.7 Å². The van der Waals surface area contributed by atoms with Crippen molar-refractivity contribution in [2.24, 2.45) is 0 Å². The quantitative estimate of drug-likeness (QED) is 0.840. The van der Waals surface area contributed by atoms with Gasteiger partial charge in [0.25, 0.3) is 5.92 Å². The van der Waals surface area contributed by atoms with Crippen LogP contribution in [0.5, 0.6) is 0 Å². The summed E-state index contributed by atoms with van der Waals surface area (Å²) < 4.78 is 32.6. The number of halogens is 2. The fourth-order valence-electron chi connectivity index (χ4n) is 1.97. The van der Waals surface area contributed by atoms with Crippen molar-refractivity contribution >= 4 is 0 Å². The first-order valence-corrected chi connectivity index (χ1v) is 5.96. The number of rotatable bonds is 5. The van der Waals surface area contributed by atoms with E-state index in [2.05, 4.69) is 5.32 Å². The van der Waals surface area contributed by atoms with E-state index in [0.717, 1.165) is 0 Å². The molecule has 0 saturated carbocycles. The van der Waals surface area contributed by atoms with Gasteiger partial charge in [-0.2, -0.15) is 8.78 Å². The van der Waals surface area contributed by atoms with Crippen LogP contribution in [0.2, 0.25) is 0 Å². The molecule has 1 aliphatic rings. The molecule has 2 rings (SSSR count). The molecule has 1 aromatic rings. The monoisotopic (exact) mass is 257 g/mol. The van der Waals surface area contributed by atoms with Crippen LogP contribution in [0.15, 0.2) is 30.3 Å². The summed E-state index contributed by atoms with van der Waals surface area (Å²) in [5, 5.41) is 12.6. The van der Waals surface area contributed by atoms with Crippen LogP contribution in [0.3, 0.4) is 0 Å². The van der Waals surface area contributed by atoms with Gasteiger partial charge in [0.15, 0.2) is 0 Å². The van der Waals surface area contributed by atoms with Crippen molar-refractivity contribution in [3.8, 4) is 0 Å². The summed E-state index contributed by atoms with van der Waals surface area (Å²) in [6, 6.07) is 7.67. The summed E-state index contributed by atoms with van der Waals surface area (Å²) in [5.41, 5.74) is -1.03. The van der Waals surface area contributed by atoms with E-state index in [-0.39, 0.29) is 18.7 Å². The molecular weight excluding hydrogens is 240 g/mol. The third kappa shape index (κ3) is 3.25. The SMILES string of the molecule is OC1(CNCC(F)(F)c2ccccc2)CCOC1. The van der Waals surface area contributed by atoms with Crippen LogP contribution in [0.4, 0.5) is 8.78 Å². The minimum Gasteiger partial charge on any atom is -0.386 e. The highest BCUT2D eigenvalue weighted by Crippen LogP contribution is 2.27. The fraction of sp³-hybridized carbons (Fsp3) is 0.538. The van der Waals surface area contributed by atoms with E-state index in [1.807, 2.05) is 0 Å². The molecule has 100 valence electrons. The van der Waals surface area contributed by atoms with Gasteiger partial charge >= 0.3 is 0 Å². The molecule has 2 N–H and O–H groups in total. The van der Waals surface area contributed by atoms with Gasteiger partial charge in [-0.3, -0.25) is 0 Å². The maximum Gasteiger partial charge on any atom is 0.285 e. The zero-order chi connectivity index (χ0) is 13.1. The van der Waals surface area contributed by atoms with E-state index < -0.39 is 18.1 Å². The zero-order valence-electron chi connectivity index (χ0n) is 10.0. The predicted octanol–water partition coefficient (Wildman–Crippen LogP) is 1.52. The number of ether oxygens (including phenoxy) is 1. The van der Waals surface area contributed by atoms with Gasteiger partial charge in [0.1, 0.15) is 5.60 Å². The van der Waals surface area contributed by atoms with E-state index in [4.69, 9.17) is 4.74 Å². The Hall–Kier alpha value is -1.04. The minimum absolute atomic E-state index is 0.0211. The van der Waals surface area contributed by atoms with Crippen molar-refractivity contribution in [1.29, 1.82) is 0 Å². The maximum atomic E-state index is 13.8. The Balaban J connectivity index is 1.86. The second kappa shape index (κ2) is 5.30. The number of alkyl halides is 2. The van der Waals surface area contributed by atoms with Crippen molar-refractivity contribution in [3.05, 3.63) is 35.9 Å². The van der Waals surface area contributed by atoms with Gasteiger partial charge in [0.2, 0.25) is 0 Å². The summed E-state index contributed by atoms with van der Waals surface area (Å²) in [6.45, 7) is 0.318. The highest BCUT2D eigenvalue weighted by atomic mass is 19.3. The Labute approximate surface area is 105 Å². The molecule has 0 spiro atoms. The van der Waals surface area contributed by atoms with E-state index >= 15 is 0 Å². The highest BCUT2D eigenvalue weighted by Gasteiger charge is 2.35. The number of hydrogen-bond donors (Lipinski definition) is 2. The minimum atomic E-state index is -2.93. The molecule has 1 aromatic carbocycles. The number of hydrogen-bond acceptors (Lipinski definition) is 3. The molecule has 1 fully saturated rings. The average molecular weight is 257 g/mol. The predicted molar refractivity (Wildman–Crippen MR) is 63.6 cm³/mol. The Bertz CT molecular complexity index is 378. The van der Waals surface area contributed by atoms with Crippen LogP contribution < -0.4 is 5.32 Å². The van der Waals surface area contributed by atoms with Gasteiger partial charge in [-0.05, 0) is 0 Å². The van der Waals surface area contributed by atoms with Gasteiger partial charge < -0.3 is 15.2 Å². The molecular formula is C13H17F2NO2. The summed E-state index contributed by atoms with van der Waals surface area (Å²) in [7, 11) is 0. The number of aliphatic hydroxyl groups is 1. The topological polar surface area (TPSA) is 41.5 Å². The van der Waals surface area contributed by atoms with Crippen LogP contribution >= 0.6 is 0 Å². The zero-order valence-corrected chi connectivity index (χ0v) is 10.0. The van der Waals surface area contributed by atoms with E-state index in [1.54, 1.807) is 18.2 Å². The lowest BCUT2D eigenvalue weighted by molar-refractivity contribution is -0.0164. The van der Waals surface area contributed by atoms with Gasteiger partial charge in [0, 0.05) is 25.1 Å². The van der Waals surface area contributed by atoms with Crippen LogP contribution in [0, 0.1) is 0 Å². The van der Waals surface area contributed by atoms with Gasteiger partial charge in [-0.15, -0.1) is 0 Å². The molecule has 1 heterocycles. The standard InChI is InChI=1S/C13H17F2NO2/c14-13(15,11-4-2-1-3-5-11)9-16-8-12(17)6-7-18-10-12/h1-5,16-17H,6-10H2. The van der Waals surface area contributed by atoms with Crippen molar-refractivity contribution in [2.45, 2.75) is 17.9 Å².